The summed E-state index contributed by atoms with van der Waals surface area (Å²) in [7, 11) is 0. The maximum atomic E-state index is 13.4. The molecule has 0 saturated carbocycles. The van der Waals surface area contributed by atoms with Gasteiger partial charge in [0.05, 0.1) is 0 Å². The zero-order chi connectivity index (χ0) is 31.1. The lowest BCUT2D eigenvalue weighted by Gasteiger charge is -2.45. The molecule has 0 rings (SSSR count). The van der Waals surface area contributed by atoms with E-state index in [1.807, 2.05) is 0 Å². The fourth-order valence-electron chi connectivity index (χ4n) is 1.94. The van der Waals surface area contributed by atoms with Gasteiger partial charge in [-0.15, -0.1) is 0 Å². The summed E-state index contributed by atoms with van der Waals surface area (Å²) in [6.45, 7) is 0. The van der Waals surface area contributed by atoms with E-state index in [0.29, 0.717) is 0 Å². The van der Waals surface area contributed by atoms with Gasteiger partial charge in [0.2, 0.25) is 6.30 Å². The second-order valence-corrected chi connectivity index (χ2v) is 6.69. The largest absolute Gasteiger partial charge is 0.460 e. The highest BCUT2D eigenvalue weighted by molar-refractivity contribution is 5.19. The summed E-state index contributed by atoms with van der Waals surface area (Å²) in [6, 6.07) is 0. The molecule has 0 aliphatic carbocycles. The molecule has 25 heteroatoms. The van der Waals surface area contributed by atoms with Gasteiger partial charge in [-0.05, 0) is 0 Å². The van der Waals surface area contributed by atoms with Crippen molar-refractivity contribution in [2.75, 3.05) is 0 Å². The molecule has 0 heterocycles. The topological polar surface area (TPSA) is 26.0 Å². The minimum Gasteiger partial charge on any atom is -0.296 e. The van der Waals surface area contributed by atoms with Gasteiger partial charge < -0.3 is 0 Å². The van der Waals surface area contributed by atoms with Gasteiger partial charge in [0.15, 0.2) is 0 Å². The van der Waals surface area contributed by atoms with E-state index in [9.17, 15) is 105 Å². The maximum absolute atomic E-state index is 13.4. The number of hydrogen-bond acceptors (Lipinski definition) is 1. The molecular weight excluding hydrogens is 614 g/mol. The van der Waals surface area contributed by atoms with E-state index in [0.717, 1.165) is 0 Å². The molecule has 0 aliphatic heterocycles. The molecule has 0 saturated heterocycles. The quantitative estimate of drug-likeness (QED) is 0.205. The Morgan fingerprint density at radius 1 is 0.297 bits per heavy atom. The van der Waals surface area contributed by atoms with Gasteiger partial charge in [-0.3, -0.25) is 5.73 Å². The molecule has 2 N–H and O–H groups in total. The van der Waals surface area contributed by atoms with Crippen molar-refractivity contribution in [3.8, 4) is 0 Å². The van der Waals surface area contributed by atoms with E-state index in [2.05, 4.69) is 5.73 Å². The van der Waals surface area contributed by atoms with Crippen LogP contribution in [0.15, 0.2) is 0 Å². The van der Waals surface area contributed by atoms with E-state index >= 15 is 0 Å². The molecule has 0 spiro atoms. The maximum Gasteiger partial charge on any atom is 0.460 e. The van der Waals surface area contributed by atoms with Gasteiger partial charge >= 0.3 is 65.4 Å². The standard InChI is InChI=1S/C12H3F24N/c13-1(37)2(14,15)3(16,17)4(18,19)5(20,21)6(22,23)7(24,25)8(26,27)9(28,29)10(30,31)11(32,33)12(34,35)36/h1H,37H2. The van der Waals surface area contributed by atoms with Gasteiger partial charge in [0, 0.05) is 0 Å². The zero-order valence-corrected chi connectivity index (χ0v) is 15.7. The predicted octanol–water partition coefficient (Wildman–Crippen LogP) is 7.16. The van der Waals surface area contributed by atoms with Crippen LogP contribution in [0.3, 0.4) is 0 Å². The number of nitrogens with two attached hydrogens (primary N) is 1. The molecule has 0 fully saturated rings. The summed E-state index contributed by atoms with van der Waals surface area (Å²) in [5.41, 5.74) is 3.37. The summed E-state index contributed by atoms with van der Waals surface area (Å²) >= 11 is 0. The van der Waals surface area contributed by atoms with Gasteiger partial charge in [0.1, 0.15) is 0 Å². The third-order valence-electron chi connectivity index (χ3n) is 4.28. The van der Waals surface area contributed by atoms with Crippen molar-refractivity contribution in [1.29, 1.82) is 0 Å². The first-order valence-electron chi connectivity index (χ1n) is 7.69. The third kappa shape index (κ3) is 4.02. The van der Waals surface area contributed by atoms with E-state index in [-0.39, 0.29) is 0 Å². The average molecular weight is 617 g/mol. The van der Waals surface area contributed by atoms with Crippen LogP contribution < -0.4 is 5.73 Å². The van der Waals surface area contributed by atoms with Crippen LogP contribution in [0.4, 0.5) is 105 Å². The second kappa shape index (κ2) is 8.39. The lowest BCUT2D eigenvalue weighted by atomic mass is 9.85. The van der Waals surface area contributed by atoms with Crippen molar-refractivity contribution in [2.24, 2.45) is 5.73 Å². The number of rotatable bonds is 10. The van der Waals surface area contributed by atoms with Crippen molar-refractivity contribution < 1.29 is 105 Å². The van der Waals surface area contributed by atoms with Crippen molar-refractivity contribution in [3.63, 3.8) is 0 Å². The van der Waals surface area contributed by atoms with Crippen molar-refractivity contribution in [3.05, 3.63) is 0 Å². The summed E-state index contributed by atoms with van der Waals surface area (Å²) in [4.78, 5) is 0. The van der Waals surface area contributed by atoms with Crippen molar-refractivity contribution in [2.45, 2.75) is 71.7 Å². The SMILES string of the molecule is NC(F)C(F)(F)C(F)(F)C(F)(F)C(F)(F)C(F)(F)C(F)(F)C(F)(F)C(F)(F)C(F)(F)C(F)(F)C(F)(F)F. The lowest BCUT2D eigenvalue weighted by molar-refractivity contribution is -0.479. The predicted molar refractivity (Wildman–Crippen MR) is 64.6 cm³/mol. The zero-order valence-electron chi connectivity index (χ0n) is 15.7. The first kappa shape index (κ1) is 35.3. The highest BCUT2D eigenvalue weighted by Crippen LogP contribution is 2.67. The van der Waals surface area contributed by atoms with Crippen LogP contribution >= 0.6 is 0 Å². The molecule has 0 radical (unpaired) electrons. The van der Waals surface area contributed by atoms with E-state index in [4.69, 9.17) is 0 Å². The van der Waals surface area contributed by atoms with Crippen molar-refractivity contribution >= 4 is 0 Å². The highest BCUT2D eigenvalue weighted by Gasteiger charge is 2.99. The minimum absolute atomic E-state index is 3.37. The Morgan fingerprint density at radius 2 is 0.459 bits per heavy atom. The van der Waals surface area contributed by atoms with Crippen LogP contribution in [-0.4, -0.2) is 71.7 Å². The summed E-state index contributed by atoms with van der Waals surface area (Å²) in [6.07, 6.45) is -13.4. The van der Waals surface area contributed by atoms with Crippen LogP contribution in [-0.2, 0) is 0 Å². The smallest absolute Gasteiger partial charge is 0.296 e. The molecule has 0 aromatic carbocycles. The Balaban J connectivity index is 7.22. The van der Waals surface area contributed by atoms with Crippen molar-refractivity contribution in [1.82, 2.24) is 0 Å². The second-order valence-electron chi connectivity index (χ2n) is 6.69. The molecule has 1 unspecified atom stereocenters. The Labute approximate surface area is 184 Å². The Kier molecular flexibility index (Phi) is 8.00. The molecule has 0 aromatic rings. The van der Waals surface area contributed by atoms with Crippen LogP contribution in [0, 0.1) is 0 Å². The Hall–Kier alpha value is -1.72. The van der Waals surface area contributed by atoms with E-state index in [1.54, 1.807) is 0 Å². The molecule has 0 amide bonds. The molecule has 1 atom stereocenters. The van der Waals surface area contributed by atoms with Crippen LogP contribution in [0.2, 0.25) is 0 Å². The fourth-order valence-corrected chi connectivity index (χ4v) is 1.94. The van der Waals surface area contributed by atoms with Gasteiger partial charge in [-0.1, -0.05) is 0 Å². The number of alkyl halides is 24. The monoisotopic (exact) mass is 617 g/mol. The van der Waals surface area contributed by atoms with Crippen LogP contribution in [0.25, 0.3) is 0 Å². The Morgan fingerprint density at radius 3 is 0.622 bits per heavy atom. The lowest BCUT2D eigenvalue weighted by Crippen LogP contribution is -2.78. The molecule has 0 aliphatic rings. The van der Waals surface area contributed by atoms with Gasteiger partial charge in [0.25, 0.3) is 0 Å². The third-order valence-corrected chi connectivity index (χ3v) is 4.28. The van der Waals surface area contributed by atoms with E-state index < -0.39 is 71.7 Å². The first-order chi connectivity index (χ1) is 15.4. The summed E-state index contributed by atoms with van der Waals surface area (Å²) in [5.74, 6) is -89.4. The average Bonchev–Trinajstić information content (AvgIpc) is 2.65. The van der Waals surface area contributed by atoms with Crippen LogP contribution in [0.5, 0.6) is 0 Å². The minimum atomic E-state index is -9.48. The molecule has 1 nitrogen and oxygen atoms in total. The van der Waals surface area contributed by atoms with E-state index in [1.165, 1.54) is 0 Å². The summed E-state index contributed by atoms with van der Waals surface area (Å²) < 4.78 is 311. The first-order valence-corrected chi connectivity index (χ1v) is 7.69. The molecular formula is C12H3F24N. The highest BCUT2D eigenvalue weighted by atomic mass is 19.4. The normalized spacial score (nSPS) is 17.8. The Bertz CT molecular complexity index is 831. The van der Waals surface area contributed by atoms with Gasteiger partial charge in [-0.25, -0.2) is 4.39 Å². The molecule has 37 heavy (non-hydrogen) atoms. The fraction of sp³-hybridized carbons (Fsp3) is 1.00. The number of hydrogen-bond donors (Lipinski definition) is 1. The van der Waals surface area contributed by atoms with Gasteiger partial charge in [-0.2, -0.15) is 101 Å². The van der Waals surface area contributed by atoms with Crippen LogP contribution in [0.1, 0.15) is 0 Å². The molecule has 224 valence electrons. The molecule has 0 bridgehead atoms. The number of halogens is 24. The summed E-state index contributed by atoms with van der Waals surface area (Å²) in [5, 5.41) is 0. The molecule has 0 aromatic heterocycles.